The fourth-order valence-electron chi connectivity index (χ4n) is 4.80. The molecule has 2 amide bonds. The number of halogens is 2. The van der Waals surface area contributed by atoms with E-state index in [2.05, 4.69) is 5.32 Å². The maximum atomic E-state index is 13.5. The van der Waals surface area contributed by atoms with E-state index in [4.69, 9.17) is 27.9 Å². The lowest BCUT2D eigenvalue weighted by atomic mass is 9.95. The second-order valence-corrected chi connectivity index (χ2v) is 12.6. The van der Waals surface area contributed by atoms with E-state index in [1.165, 1.54) is 22.7 Å². The first-order valence-electron chi connectivity index (χ1n) is 13.2. The SMILES string of the molecule is COc1ccccc1N(CCCC(=O)N(Cc1ccc(Cl)cc1Cl)[C@@H](C)C(=O)NC1CCCCC1)S(C)(=O)=O. The number of anilines is 1. The van der Waals surface area contributed by atoms with Crippen LogP contribution in [-0.2, 0) is 26.2 Å². The lowest BCUT2D eigenvalue weighted by Gasteiger charge is -2.32. The zero-order valence-electron chi connectivity index (χ0n) is 22.7. The van der Waals surface area contributed by atoms with Crippen LogP contribution >= 0.6 is 23.2 Å². The Balaban J connectivity index is 1.76. The molecule has 1 fully saturated rings. The van der Waals surface area contributed by atoms with Crippen molar-refractivity contribution in [1.29, 1.82) is 0 Å². The number of hydrogen-bond acceptors (Lipinski definition) is 5. The first-order chi connectivity index (χ1) is 18.5. The number of nitrogens with zero attached hydrogens (tertiary/aromatic N) is 2. The molecule has 0 unspecified atom stereocenters. The predicted molar refractivity (Wildman–Crippen MR) is 156 cm³/mol. The summed E-state index contributed by atoms with van der Waals surface area (Å²) in [5.74, 6) is -0.0748. The van der Waals surface area contributed by atoms with Crippen molar-refractivity contribution in [1.82, 2.24) is 10.2 Å². The van der Waals surface area contributed by atoms with E-state index in [1.54, 1.807) is 49.4 Å². The Morgan fingerprint density at radius 3 is 2.44 bits per heavy atom. The predicted octanol–water partition coefficient (Wildman–Crippen LogP) is 5.41. The Kier molecular flexibility index (Phi) is 11.3. The molecule has 0 saturated heterocycles. The van der Waals surface area contributed by atoms with Gasteiger partial charge in [0, 0.05) is 35.6 Å². The quantitative estimate of drug-likeness (QED) is 0.352. The van der Waals surface area contributed by atoms with Crippen LogP contribution in [0.15, 0.2) is 42.5 Å². The monoisotopic (exact) mass is 597 g/mol. The van der Waals surface area contributed by atoms with Gasteiger partial charge in [-0.3, -0.25) is 13.9 Å². The Labute approximate surface area is 241 Å². The van der Waals surface area contributed by atoms with Gasteiger partial charge in [-0.25, -0.2) is 8.42 Å². The molecule has 39 heavy (non-hydrogen) atoms. The van der Waals surface area contributed by atoms with Gasteiger partial charge >= 0.3 is 0 Å². The molecular weight excluding hydrogens is 561 g/mol. The number of para-hydroxylation sites is 2. The van der Waals surface area contributed by atoms with Crippen molar-refractivity contribution >= 4 is 50.7 Å². The van der Waals surface area contributed by atoms with E-state index >= 15 is 0 Å². The third-order valence-electron chi connectivity index (χ3n) is 6.98. The number of hydrogen-bond donors (Lipinski definition) is 1. The number of methoxy groups -OCH3 is 1. The lowest BCUT2D eigenvalue weighted by Crippen LogP contribution is -2.50. The highest BCUT2D eigenvalue weighted by Gasteiger charge is 2.29. The van der Waals surface area contributed by atoms with Gasteiger partial charge in [0.2, 0.25) is 21.8 Å². The van der Waals surface area contributed by atoms with Crippen molar-refractivity contribution < 1.29 is 22.7 Å². The molecule has 8 nitrogen and oxygen atoms in total. The van der Waals surface area contributed by atoms with Crippen LogP contribution in [-0.4, -0.2) is 57.1 Å². The zero-order valence-corrected chi connectivity index (χ0v) is 25.0. The summed E-state index contributed by atoms with van der Waals surface area (Å²) in [6.45, 7) is 1.90. The number of nitrogens with one attached hydrogen (secondary N) is 1. The second kappa shape index (κ2) is 14.2. The summed E-state index contributed by atoms with van der Waals surface area (Å²) < 4.78 is 31.8. The van der Waals surface area contributed by atoms with Crippen molar-refractivity contribution in [2.24, 2.45) is 0 Å². The minimum absolute atomic E-state index is 0.0351. The van der Waals surface area contributed by atoms with Gasteiger partial charge in [0.1, 0.15) is 11.8 Å². The average molecular weight is 599 g/mol. The summed E-state index contributed by atoms with van der Waals surface area (Å²) in [7, 11) is -2.16. The molecule has 214 valence electrons. The molecule has 1 saturated carbocycles. The Hall–Kier alpha value is -2.49. The molecule has 0 aromatic heterocycles. The van der Waals surface area contributed by atoms with E-state index in [9.17, 15) is 18.0 Å². The summed E-state index contributed by atoms with van der Waals surface area (Å²) in [4.78, 5) is 28.2. The third kappa shape index (κ3) is 8.75. The lowest BCUT2D eigenvalue weighted by molar-refractivity contribution is -0.141. The van der Waals surface area contributed by atoms with Gasteiger partial charge in [0.05, 0.1) is 19.1 Å². The molecular formula is C28H37Cl2N3O5S. The van der Waals surface area contributed by atoms with Crippen LogP contribution in [0.25, 0.3) is 0 Å². The molecule has 0 bridgehead atoms. The van der Waals surface area contributed by atoms with Crippen LogP contribution in [0.5, 0.6) is 5.75 Å². The molecule has 11 heteroatoms. The molecule has 3 rings (SSSR count). The normalized spacial score (nSPS) is 14.9. The Bertz CT molecular complexity index is 1250. The van der Waals surface area contributed by atoms with Gasteiger partial charge in [-0.2, -0.15) is 0 Å². The number of amides is 2. The average Bonchev–Trinajstić information content (AvgIpc) is 2.90. The van der Waals surface area contributed by atoms with Crippen LogP contribution in [0.4, 0.5) is 5.69 Å². The van der Waals surface area contributed by atoms with E-state index in [0.29, 0.717) is 27.0 Å². The van der Waals surface area contributed by atoms with Crippen LogP contribution in [0.1, 0.15) is 57.4 Å². The van der Waals surface area contributed by atoms with Crippen LogP contribution in [0, 0.1) is 0 Å². The van der Waals surface area contributed by atoms with E-state index < -0.39 is 16.1 Å². The third-order valence-corrected chi connectivity index (χ3v) is 8.75. The molecule has 2 aromatic carbocycles. The standard InChI is InChI=1S/C28H37Cl2N3O5S/c1-20(28(35)31-23-10-5-4-6-11-23)32(19-21-15-16-22(29)18-24(21)30)27(34)14-9-17-33(39(3,36)37)25-12-7-8-13-26(25)38-2/h7-8,12-13,15-16,18,20,23H,4-6,9-11,14,17,19H2,1-3H3,(H,31,35)/t20-/m0/s1. The largest absolute Gasteiger partial charge is 0.495 e. The van der Waals surface area contributed by atoms with Gasteiger partial charge in [-0.1, -0.05) is 60.7 Å². The van der Waals surface area contributed by atoms with Gasteiger partial charge in [0.25, 0.3) is 0 Å². The molecule has 2 aromatic rings. The van der Waals surface area contributed by atoms with Crippen molar-refractivity contribution in [2.45, 2.75) is 70.5 Å². The fraction of sp³-hybridized carbons (Fsp3) is 0.500. The van der Waals surface area contributed by atoms with Crippen molar-refractivity contribution in [3.63, 3.8) is 0 Å². The summed E-state index contributed by atoms with van der Waals surface area (Å²) in [5, 5.41) is 3.98. The minimum atomic E-state index is -3.64. The molecule has 0 aliphatic heterocycles. The maximum absolute atomic E-state index is 13.5. The second-order valence-electron chi connectivity index (χ2n) is 9.89. The highest BCUT2D eigenvalue weighted by Crippen LogP contribution is 2.30. The van der Waals surface area contributed by atoms with Gasteiger partial charge in [-0.15, -0.1) is 0 Å². The molecule has 1 N–H and O–H groups in total. The maximum Gasteiger partial charge on any atom is 0.242 e. The number of benzene rings is 2. The topological polar surface area (TPSA) is 96.0 Å². The van der Waals surface area contributed by atoms with Crippen LogP contribution < -0.4 is 14.4 Å². The molecule has 0 spiro atoms. The Morgan fingerprint density at radius 1 is 1.10 bits per heavy atom. The summed E-state index contributed by atoms with van der Waals surface area (Å²) in [6.07, 6.45) is 6.57. The van der Waals surface area contributed by atoms with E-state index in [1.807, 2.05) is 0 Å². The number of sulfonamides is 1. The van der Waals surface area contributed by atoms with Gasteiger partial charge in [0.15, 0.2) is 0 Å². The molecule has 1 aliphatic carbocycles. The van der Waals surface area contributed by atoms with Crippen LogP contribution in [0.3, 0.4) is 0 Å². The van der Waals surface area contributed by atoms with Crippen molar-refractivity contribution in [3.05, 3.63) is 58.1 Å². The number of rotatable bonds is 12. The highest BCUT2D eigenvalue weighted by atomic mass is 35.5. The first kappa shape index (κ1) is 31.0. The van der Waals surface area contributed by atoms with Gasteiger partial charge in [-0.05, 0) is 56.0 Å². The molecule has 0 radical (unpaired) electrons. The molecule has 0 heterocycles. The number of carbonyl (C=O) groups is 2. The molecule has 1 atom stereocenters. The summed E-state index contributed by atoms with van der Waals surface area (Å²) in [5.41, 5.74) is 1.07. The Morgan fingerprint density at radius 2 is 1.79 bits per heavy atom. The first-order valence-corrected chi connectivity index (χ1v) is 15.8. The fourth-order valence-corrected chi connectivity index (χ4v) is 6.24. The summed E-state index contributed by atoms with van der Waals surface area (Å²) >= 11 is 12.5. The van der Waals surface area contributed by atoms with Gasteiger partial charge < -0.3 is 15.0 Å². The van der Waals surface area contributed by atoms with E-state index in [-0.39, 0.29) is 43.8 Å². The van der Waals surface area contributed by atoms with Crippen molar-refractivity contribution in [3.8, 4) is 5.75 Å². The summed E-state index contributed by atoms with van der Waals surface area (Å²) in [6, 6.07) is 11.2. The van der Waals surface area contributed by atoms with Crippen molar-refractivity contribution in [2.75, 3.05) is 24.2 Å². The highest BCUT2D eigenvalue weighted by molar-refractivity contribution is 7.92. The molecule has 1 aliphatic rings. The number of carbonyl (C=O) groups excluding carboxylic acids is 2. The smallest absolute Gasteiger partial charge is 0.242 e. The van der Waals surface area contributed by atoms with E-state index in [0.717, 1.165) is 31.9 Å². The minimum Gasteiger partial charge on any atom is -0.495 e. The zero-order chi connectivity index (χ0) is 28.6. The van der Waals surface area contributed by atoms with Crippen LogP contribution in [0.2, 0.25) is 10.0 Å². The number of ether oxygens (including phenoxy) is 1.